The van der Waals surface area contributed by atoms with Crippen molar-refractivity contribution in [2.24, 2.45) is 0 Å². The molecule has 0 aliphatic carbocycles. The number of carbonyl (C=O) groups is 1. The first-order valence-corrected chi connectivity index (χ1v) is 8.17. The Labute approximate surface area is 139 Å². The number of hydrogen-bond donors (Lipinski definition) is 2. The predicted molar refractivity (Wildman–Crippen MR) is 85.6 cm³/mol. The van der Waals surface area contributed by atoms with Crippen molar-refractivity contribution in [1.29, 1.82) is 0 Å². The summed E-state index contributed by atoms with van der Waals surface area (Å²) in [4.78, 5) is 14.1. The topological polar surface area (TPSA) is 52.6 Å². The number of likely N-dealkylation sites (tertiary alicyclic amines) is 1. The van der Waals surface area contributed by atoms with Crippen molar-refractivity contribution in [3.63, 3.8) is 0 Å². The smallest absolute Gasteiger partial charge is 0.392 e. The van der Waals surface area contributed by atoms with E-state index >= 15 is 0 Å². The highest BCUT2D eigenvalue weighted by molar-refractivity contribution is 5.91. The first-order valence-electron chi connectivity index (χ1n) is 8.17. The van der Waals surface area contributed by atoms with Crippen LogP contribution in [0.15, 0.2) is 24.3 Å². The van der Waals surface area contributed by atoms with Crippen molar-refractivity contribution in [2.75, 3.05) is 18.4 Å². The molecule has 4 nitrogen and oxygen atoms in total. The van der Waals surface area contributed by atoms with Gasteiger partial charge in [-0.05, 0) is 38.4 Å². The number of nitrogens with one attached hydrogen (secondary N) is 1. The number of aliphatic hydroxyl groups is 1. The Morgan fingerprint density at radius 1 is 1.38 bits per heavy atom. The summed E-state index contributed by atoms with van der Waals surface area (Å²) in [5.41, 5.74) is -1.07. The molecule has 0 saturated carbocycles. The molecular weight excluding hydrogens is 321 g/mol. The van der Waals surface area contributed by atoms with Gasteiger partial charge in [-0.1, -0.05) is 18.6 Å². The molecule has 1 aliphatic heterocycles. The molecule has 1 heterocycles. The molecule has 2 rings (SSSR count). The minimum atomic E-state index is -4.51. The van der Waals surface area contributed by atoms with E-state index < -0.39 is 23.8 Å². The van der Waals surface area contributed by atoms with Crippen LogP contribution >= 0.6 is 0 Å². The van der Waals surface area contributed by atoms with E-state index in [0.717, 1.165) is 31.9 Å². The summed E-state index contributed by atoms with van der Waals surface area (Å²) in [6, 6.07) is 4.96. The third-order valence-corrected chi connectivity index (χ3v) is 4.35. The van der Waals surface area contributed by atoms with E-state index in [1.807, 2.05) is 4.90 Å². The quantitative estimate of drug-likeness (QED) is 0.862. The summed E-state index contributed by atoms with van der Waals surface area (Å²) in [7, 11) is 0. The van der Waals surface area contributed by atoms with Gasteiger partial charge in [0, 0.05) is 19.0 Å². The summed E-state index contributed by atoms with van der Waals surface area (Å²) in [6.45, 7) is 2.94. The first kappa shape index (κ1) is 18.7. The molecule has 0 aromatic heterocycles. The lowest BCUT2D eigenvalue weighted by atomic mass is 9.98. The molecule has 2 unspecified atom stereocenters. The zero-order valence-electron chi connectivity index (χ0n) is 13.6. The van der Waals surface area contributed by atoms with E-state index in [-0.39, 0.29) is 18.2 Å². The number of anilines is 1. The van der Waals surface area contributed by atoms with E-state index in [9.17, 15) is 23.1 Å². The van der Waals surface area contributed by atoms with Crippen LogP contribution < -0.4 is 5.32 Å². The van der Waals surface area contributed by atoms with E-state index in [0.29, 0.717) is 6.54 Å². The van der Waals surface area contributed by atoms with Crippen molar-refractivity contribution < 1.29 is 23.1 Å². The van der Waals surface area contributed by atoms with Crippen LogP contribution in [0, 0.1) is 0 Å². The Morgan fingerprint density at radius 2 is 2.08 bits per heavy atom. The molecule has 24 heavy (non-hydrogen) atoms. The predicted octanol–water partition coefficient (Wildman–Crippen LogP) is 3.27. The van der Waals surface area contributed by atoms with Gasteiger partial charge < -0.3 is 10.4 Å². The number of benzene rings is 1. The largest absolute Gasteiger partial charge is 0.418 e. The van der Waals surface area contributed by atoms with Gasteiger partial charge in [0.2, 0.25) is 5.91 Å². The monoisotopic (exact) mass is 344 g/mol. The summed E-state index contributed by atoms with van der Waals surface area (Å²) in [5.74, 6) is -0.457. The molecule has 0 spiro atoms. The maximum Gasteiger partial charge on any atom is 0.418 e. The van der Waals surface area contributed by atoms with Crippen LogP contribution in [0.2, 0.25) is 0 Å². The second kappa shape index (κ2) is 7.98. The fourth-order valence-electron chi connectivity index (χ4n) is 3.14. The average Bonchev–Trinajstić information content (AvgIpc) is 2.52. The van der Waals surface area contributed by atoms with Gasteiger partial charge in [0.1, 0.15) is 0 Å². The lowest BCUT2D eigenvalue weighted by Gasteiger charge is -2.37. The van der Waals surface area contributed by atoms with Gasteiger partial charge in [0.05, 0.1) is 17.4 Å². The van der Waals surface area contributed by atoms with Gasteiger partial charge in [-0.25, -0.2) is 0 Å². The average molecular weight is 344 g/mol. The Hall–Kier alpha value is -1.60. The number of halogens is 3. The number of para-hydroxylation sites is 1. The lowest BCUT2D eigenvalue weighted by molar-refractivity contribution is -0.137. The van der Waals surface area contributed by atoms with Crippen LogP contribution in [0.1, 0.15) is 38.2 Å². The Bertz CT molecular complexity index is 561. The highest BCUT2D eigenvalue weighted by Gasteiger charge is 2.33. The van der Waals surface area contributed by atoms with Crippen molar-refractivity contribution in [3.8, 4) is 0 Å². The molecule has 0 radical (unpaired) electrons. The van der Waals surface area contributed by atoms with Gasteiger partial charge in [0.25, 0.3) is 0 Å². The summed E-state index contributed by atoms with van der Waals surface area (Å²) in [6.07, 6.45) is -1.99. The fourth-order valence-corrected chi connectivity index (χ4v) is 3.14. The van der Waals surface area contributed by atoms with E-state index in [1.54, 1.807) is 6.92 Å². The maximum absolute atomic E-state index is 12.9. The molecule has 1 aromatic rings. The van der Waals surface area contributed by atoms with Gasteiger partial charge in [-0.3, -0.25) is 9.69 Å². The van der Waals surface area contributed by atoms with E-state index in [2.05, 4.69) is 5.32 Å². The number of hydrogen-bond acceptors (Lipinski definition) is 3. The molecule has 134 valence electrons. The number of nitrogens with zero attached hydrogens (tertiary/aromatic N) is 1. The zero-order chi connectivity index (χ0) is 17.7. The van der Waals surface area contributed by atoms with E-state index in [4.69, 9.17) is 0 Å². The van der Waals surface area contributed by atoms with Crippen LogP contribution in [0.25, 0.3) is 0 Å². The van der Waals surface area contributed by atoms with Gasteiger partial charge >= 0.3 is 6.18 Å². The molecule has 1 amide bonds. The molecule has 7 heteroatoms. The minimum absolute atomic E-state index is 0.00834. The van der Waals surface area contributed by atoms with Crippen LogP contribution in [0.3, 0.4) is 0 Å². The zero-order valence-corrected chi connectivity index (χ0v) is 13.6. The van der Waals surface area contributed by atoms with Gasteiger partial charge in [-0.15, -0.1) is 0 Å². The number of rotatable bonds is 5. The first-order chi connectivity index (χ1) is 11.3. The van der Waals surface area contributed by atoms with Gasteiger partial charge in [0.15, 0.2) is 0 Å². The lowest BCUT2D eigenvalue weighted by Crippen LogP contribution is -2.46. The number of amides is 1. The summed E-state index contributed by atoms with van der Waals surface area (Å²) in [5, 5.41) is 12.2. The van der Waals surface area contributed by atoms with Crippen LogP contribution in [-0.2, 0) is 11.0 Å². The molecule has 2 N–H and O–H groups in total. The second-order valence-corrected chi connectivity index (χ2v) is 6.18. The van der Waals surface area contributed by atoms with Crippen molar-refractivity contribution in [1.82, 2.24) is 4.90 Å². The van der Waals surface area contributed by atoms with E-state index in [1.165, 1.54) is 18.2 Å². The Balaban J connectivity index is 1.94. The minimum Gasteiger partial charge on any atom is -0.392 e. The third-order valence-electron chi connectivity index (χ3n) is 4.35. The number of carbonyl (C=O) groups excluding carboxylic acids is 1. The Kier molecular flexibility index (Phi) is 6.23. The molecule has 1 aromatic carbocycles. The van der Waals surface area contributed by atoms with Gasteiger partial charge in [-0.2, -0.15) is 13.2 Å². The molecule has 1 fully saturated rings. The van der Waals surface area contributed by atoms with Crippen LogP contribution in [0.4, 0.5) is 18.9 Å². The van der Waals surface area contributed by atoms with Crippen LogP contribution in [0.5, 0.6) is 0 Å². The maximum atomic E-state index is 12.9. The highest BCUT2D eigenvalue weighted by Crippen LogP contribution is 2.34. The molecular formula is C17H23F3N2O2. The normalized spacial score (nSPS) is 20.6. The third kappa shape index (κ3) is 4.95. The highest BCUT2D eigenvalue weighted by atomic mass is 19.4. The molecule has 2 atom stereocenters. The summed E-state index contributed by atoms with van der Waals surface area (Å²) < 4.78 is 38.8. The number of aliphatic hydroxyl groups excluding tert-OH is 1. The van der Waals surface area contributed by atoms with Crippen molar-refractivity contribution in [3.05, 3.63) is 29.8 Å². The summed E-state index contributed by atoms with van der Waals surface area (Å²) >= 11 is 0. The fraction of sp³-hybridized carbons (Fsp3) is 0.588. The standard InChI is InChI=1S/C17H23F3N2O2/c1-12(23)15-8-4-5-10-22(15)11-9-16(24)21-14-7-3-2-6-13(14)17(18,19)20/h2-3,6-7,12,15,23H,4-5,8-11H2,1H3,(H,21,24). The van der Waals surface area contributed by atoms with Crippen LogP contribution in [-0.4, -0.2) is 41.1 Å². The Morgan fingerprint density at radius 3 is 2.75 bits per heavy atom. The SMILES string of the molecule is CC(O)C1CCCCN1CCC(=O)Nc1ccccc1C(F)(F)F. The van der Waals surface area contributed by atoms with Crippen molar-refractivity contribution in [2.45, 2.75) is 50.9 Å². The number of piperidine rings is 1. The number of alkyl halides is 3. The molecule has 1 aliphatic rings. The molecule has 1 saturated heterocycles. The molecule has 0 bridgehead atoms. The van der Waals surface area contributed by atoms with Crippen molar-refractivity contribution >= 4 is 11.6 Å². The second-order valence-electron chi connectivity index (χ2n) is 6.18.